The third-order valence-electron chi connectivity index (χ3n) is 5.15. The highest BCUT2D eigenvalue weighted by atomic mass is 32.2. The van der Waals surface area contributed by atoms with Crippen LogP contribution in [0.2, 0.25) is 0 Å². The van der Waals surface area contributed by atoms with Crippen molar-refractivity contribution in [2.24, 2.45) is 0 Å². The number of pyridine rings is 1. The molecule has 0 N–H and O–H groups in total. The molecule has 0 atom stereocenters. The minimum absolute atomic E-state index is 0.309. The molecule has 3 aromatic rings. The molecule has 1 aliphatic carbocycles. The van der Waals surface area contributed by atoms with Gasteiger partial charge >= 0.3 is 11.9 Å². The van der Waals surface area contributed by atoms with E-state index in [0.717, 1.165) is 60.3 Å². The van der Waals surface area contributed by atoms with Crippen molar-refractivity contribution in [3.63, 3.8) is 0 Å². The first-order valence-electron chi connectivity index (χ1n) is 9.73. The highest BCUT2D eigenvalue weighted by Gasteiger charge is 2.30. The number of hydrogen-bond donors (Lipinski definition) is 0. The van der Waals surface area contributed by atoms with E-state index in [0.29, 0.717) is 17.3 Å². The average Bonchev–Trinajstić information content (AvgIpc) is 2.75. The van der Waals surface area contributed by atoms with Crippen LogP contribution >= 0.6 is 11.8 Å². The Morgan fingerprint density at radius 1 is 1.03 bits per heavy atom. The molecule has 0 saturated heterocycles. The Labute approximate surface area is 176 Å². The van der Waals surface area contributed by atoms with Gasteiger partial charge in [-0.15, -0.1) is 11.8 Å². The van der Waals surface area contributed by atoms with E-state index in [1.807, 2.05) is 18.2 Å². The zero-order valence-electron chi connectivity index (χ0n) is 16.2. The van der Waals surface area contributed by atoms with E-state index < -0.39 is 11.7 Å². The molecule has 0 fully saturated rings. The maximum atomic E-state index is 12.8. The maximum Gasteiger partial charge on any atom is 0.416 e. The van der Waals surface area contributed by atoms with Crippen LogP contribution in [0.5, 0.6) is 0 Å². The molecule has 0 bridgehead atoms. The lowest BCUT2D eigenvalue weighted by Crippen LogP contribution is -2.30. The lowest BCUT2D eigenvalue weighted by molar-refractivity contribution is -0.137. The normalized spacial score (nSPS) is 13.8. The standard InChI is InChI=1S/C22H20F3N3OS/c23-22(24,25)16-10-8-15(9-11-16)14-30-20-18-6-1-2-7-19(18)28(21(29)27-20)13-17-5-3-4-12-26-17/h3-5,8-12H,1-2,6-7,13-14H2. The molecular formula is C22H20F3N3OS. The van der Waals surface area contributed by atoms with Crippen LogP contribution in [0.4, 0.5) is 13.2 Å². The molecule has 1 aromatic carbocycles. The van der Waals surface area contributed by atoms with Crippen molar-refractivity contribution in [3.05, 3.63) is 87.2 Å². The van der Waals surface area contributed by atoms with Gasteiger partial charge in [0.1, 0.15) is 5.03 Å². The number of thioether (sulfide) groups is 1. The van der Waals surface area contributed by atoms with Crippen LogP contribution in [-0.4, -0.2) is 14.5 Å². The lowest BCUT2D eigenvalue weighted by atomic mass is 9.97. The Bertz CT molecular complexity index is 1080. The minimum atomic E-state index is -4.34. The zero-order valence-corrected chi connectivity index (χ0v) is 17.0. The highest BCUT2D eigenvalue weighted by Crippen LogP contribution is 2.32. The molecule has 0 unspecified atom stereocenters. The first-order valence-corrected chi connectivity index (χ1v) is 10.7. The fourth-order valence-corrected chi connectivity index (χ4v) is 4.66. The Morgan fingerprint density at radius 3 is 2.50 bits per heavy atom. The first-order chi connectivity index (χ1) is 14.4. The molecule has 4 rings (SSSR count). The number of hydrogen-bond acceptors (Lipinski definition) is 4. The molecule has 0 amide bonds. The van der Waals surface area contributed by atoms with Crippen LogP contribution in [0.25, 0.3) is 0 Å². The number of rotatable bonds is 5. The molecule has 4 nitrogen and oxygen atoms in total. The number of nitrogens with zero attached hydrogens (tertiary/aromatic N) is 3. The zero-order chi connectivity index (χ0) is 21.1. The number of alkyl halides is 3. The number of aromatic nitrogens is 3. The summed E-state index contributed by atoms with van der Waals surface area (Å²) in [6.07, 6.45) is 1.07. The van der Waals surface area contributed by atoms with Crippen LogP contribution in [0.3, 0.4) is 0 Å². The van der Waals surface area contributed by atoms with E-state index in [-0.39, 0.29) is 5.69 Å². The van der Waals surface area contributed by atoms with Crippen LogP contribution < -0.4 is 5.69 Å². The average molecular weight is 431 g/mol. The van der Waals surface area contributed by atoms with Crippen LogP contribution in [0, 0.1) is 0 Å². The lowest BCUT2D eigenvalue weighted by Gasteiger charge is -2.22. The van der Waals surface area contributed by atoms with Gasteiger partial charge in [-0.1, -0.05) is 18.2 Å². The molecule has 0 radical (unpaired) electrons. The SMILES string of the molecule is O=c1nc(SCc2ccc(C(F)(F)F)cc2)c2c(n1Cc1ccccn1)CCCC2. The van der Waals surface area contributed by atoms with Gasteiger partial charge in [0, 0.05) is 23.2 Å². The summed E-state index contributed by atoms with van der Waals surface area (Å²) in [4.78, 5) is 21.4. The molecule has 0 spiro atoms. The highest BCUT2D eigenvalue weighted by molar-refractivity contribution is 7.98. The molecule has 8 heteroatoms. The van der Waals surface area contributed by atoms with E-state index in [9.17, 15) is 18.0 Å². The summed E-state index contributed by atoms with van der Waals surface area (Å²) < 4.78 is 39.9. The van der Waals surface area contributed by atoms with E-state index in [4.69, 9.17) is 0 Å². The third kappa shape index (κ3) is 4.59. The van der Waals surface area contributed by atoms with Gasteiger partial charge in [0.25, 0.3) is 0 Å². The van der Waals surface area contributed by atoms with Gasteiger partial charge < -0.3 is 0 Å². The summed E-state index contributed by atoms with van der Waals surface area (Å²) in [5, 5.41) is 0.687. The third-order valence-corrected chi connectivity index (χ3v) is 6.24. The van der Waals surface area contributed by atoms with Gasteiger partial charge in [-0.2, -0.15) is 18.2 Å². The van der Waals surface area contributed by atoms with Crippen molar-refractivity contribution in [2.45, 2.75) is 49.2 Å². The van der Waals surface area contributed by atoms with Crippen molar-refractivity contribution >= 4 is 11.8 Å². The number of benzene rings is 1. The smallest absolute Gasteiger partial charge is 0.290 e. The molecular weight excluding hydrogens is 411 g/mol. The second kappa shape index (κ2) is 8.63. The van der Waals surface area contributed by atoms with E-state index in [2.05, 4.69) is 9.97 Å². The van der Waals surface area contributed by atoms with Gasteiger partial charge in [0.2, 0.25) is 0 Å². The first kappa shape index (κ1) is 20.7. The van der Waals surface area contributed by atoms with E-state index in [1.54, 1.807) is 10.8 Å². The second-order valence-corrected chi connectivity index (χ2v) is 8.19. The van der Waals surface area contributed by atoms with Crippen LogP contribution in [0.15, 0.2) is 58.5 Å². The molecule has 156 valence electrons. The predicted octanol–water partition coefficient (Wildman–Crippen LogP) is 4.88. The van der Waals surface area contributed by atoms with Gasteiger partial charge in [0.05, 0.1) is 17.8 Å². The monoisotopic (exact) mass is 431 g/mol. The fourth-order valence-electron chi connectivity index (χ4n) is 3.63. The van der Waals surface area contributed by atoms with E-state index >= 15 is 0 Å². The van der Waals surface area contributed by atoms with Crippen LogP contribution in [0.1, 0.15) is 40.9 Å². The van der Waals surface area contributed by atoms with E-state index in [1.165, 1.54) is 23.9 Å². The Kier molecular flexibility index (Phi) is 5.94. The van der Waals surface area contributed by atoms with Crippen LogP contribution in [-0.2, 0) is 31.3 Å². The van der Waals surface area contributed by atoms with Crippen molar-refractivity contribution in [2.75, 3.05) is 0 Å². The second-order valence-electron chi connectivity index (χ2n) is 7.22. The van der Waals surface area contributed by atoms with Gasteiger partial charge in [-0.3, -0.25) is 9.55 Å². The summed E-state index contributed by atoms with van der Waals surface area (Å²) in [5.41, 5.74) is 2.67. The Balaban J connectivity index is 1.58. The van der Waals surface area contributed by atoms with Crippen molar-refractivity contribution < 1.29 is 13.2 Å². The molecule has 30 heavy (non-hydrogen) atoms. The van der Waals surface area contributed by atoms with Crippen molar-refractivity contribution in [1.29, 1.82) is 0 Å². The summed E-state index contributed by atoms with van der Waals surface area (Å²) in [6.45, 7) is 0.388. The van der Waals surface area contributed by atoms with Gasteiger partial charge in [0.15, 0.2) is 0 Å². The van der Waals surface area contributed by atoms with Gasteiger partial charge in [-0.25, -0.2) is 4.79 Å². The summed E-state index contributed by atoms with van der Waals surface area (Å²) in [7, 11) is 0. The largest absolute Gasteiger partial charge is 0.416 e. The van der Waals surface area contributed by atoms with Gasteiger partial charge in [-0.05, 0) is 55.5 Å². The van der Waals surface area contributed by atoms with Crippen molar-refractivity contribution in [1.82, 2.24) is 14.5 Å². The topological polar surface area (TPSA) is 47.8 Å². The summed E-state index contributed by atoms with van der Waals surface area (Å²) in [5.74, 6) is 0.460. The molecule has 2 heterocycles. The number of fused-ring (bicyclic) bond motifs is 1. The fraction of sp³-hybridized carbons (Fsp3) is 0.318. The maximum absolute atomic E-state index is 12.8. The Morgan fingerprint density at radius 2 is 1.80 bits per heavy atom. The molecule has 1 aliphatic rings. The van der Waals surface area contributed by atoms with Crippen molar-refractivity contribution in [3.8, 4) is 0 Å². The minimum Gasteiger partial charge on any atom is -0.290 e. The predicted molar refractivity (Wildman–Crippen MR) is 109 cm³/mol. The Hall–Kier alpha value is -2.61. The molecule has 0 saturated carbocycles. The molecule has 0 aliphatic heterocycles. The molecule has 2 aromatic heterocycles. The number of halogens is 3. The summed E-state index contributed by atoms with van der Waals surface area (Å²) in [6, 6.07) is 10.7. The quantitative estimate of drug-likeness (QED) is 0.427. The summed E-state index contributed by atoms with van der Waals surface area (Å²) >= 11 is 1.41.